The van der Waals surface area contributed by atoms with Crippen LogP contribution in [0.15, 0.2) is 0 Å². The Balaban J connectivity index is 2.35. The molecule has 18 heavy (non-hydrogen) atoms. The summed E-state index contributed by atoms with van der Waals surface area (Å²) < 4.78 is 35.9. The Bertz CT molecular complexity index is 283. The van der Waals surface area contributed by atoms with Gasteiger partial charge in [0.2, 0.25) is 0 Å². The van der Waals surface area contributed by atoms with Gasteiger partial charge in [-0.3, -0.25) is 4.90 Å². The predicted octanol–water partition coefficient (Wildman–Crippen LogP) is 1.67. The first-order chi connectivity index (χ1) is 8.33. The van der Waals surface area contributed by atoms with Crippen LogP contribution in [0, 0.1) is 0 Å². The van der Waals surface area contributed by atoms with E-state index in [9.17, 15) is 18.0 Å². The fraction of sp³-hybridized carbons (Fsp3) is 0.909. The second-order valence-electron chi connectivity index (χ2n) is 4.58. The highest BCUT2D eigenvalue weighted by molar-refractivity contribution is 5.73. The van der Waals surface area contributed by atoms with Crippen molar-refractivity contribution in [2.75, 3.05) is 33.2 Å². The average Bonchev–Trinajstić information content (AvgIpc) is 2.72. The molecule has 0 radical (unpaired) electrons. The topological polar surface area (TPSA) is 35.6 Å². The van der Waals surface area contributed by atoms with E-state index in [0.29, 0.717) is 6.54 Å². The molecule has 0 saturated carbocycles. The minimum Gasteiger partial charge on any atom is -0.329 e. The second-order valence-corrected chi connectivity index (χ2v) is 4.58. The first kappa shape index (κ1) is 15.1. The number of likely N-dealkylation sites (N-methyl/N-ethyl adjacent to an activating group) is 2. The van der Waals surface area contributed by atoms with Gasteiger partial charge in [0.15, 0.2) is 0 Å². The zero-order chi connectivity index (χ0) is 13.8. The van der Waals surface area contributed by atoms with Crippen molar-refractivity contribution in [1.29, 1.82) is 0 Å². The lowest BCUT2D eigenvalue weighted by atomic mass is 10.2. The van der Waals surface area contributed by atoms with E-state index in [4.69, 9.17) is 0 Å². The average molecular weight is 267 g/mol. The molecule has 106 valence electrons. The van der Waals surface area contributed by atoms with E-state index in [0.717, 1.165) is 25.9 Å². The lowest BCUT2D eigenvalue weighted by Gasteiger charge is -2.27. The molecule has 1 heterocycles. The van der Waals surface area contributed by atoms with Gasteiger partial charge in [-0.2, -0.15) is 13.2 Å². The summed E-state index contributed by atoms with van der Waals surface area (Å²) in [6.45, 7) is 3.14. The molecule has 0 aromatic rings. The van der Waals surface area contributed by atoms with Crippen LogP contribution in [0.4, 0.5) is 18.0 Å². The molecule has 7 heteroatoms. The maximum atomic E-state index is 12.0. The van der Waals surface area contributed by atoms with Gasteiger partial charge in [0.05, 0.1) is 0 Å². The van der Waals surface area contributed by atoms with Gasteiger partial charge in [-0.25, -0.2) is 4.79 Å². The number of alkyl halides is 3. The van der Waals surface area contributed by atoms with Crippen LogP contribution in [0.5, 0.6) is 0 Å². The number of nitrogens with zero attached hydrogens (tertiary/aromatic N) is 2. The largest absolute Gasteiger partial charge is 0.405 e. The Morgan fingerprint density at radius 3 is 2.72 bits per heavy atom. The van der Waals surface area contributed by atoms with Crippen LogP contribution in [0.1, 0.15) is 19.8 Å². The Kier molecular flexibility index (Phi) is 5.25. The number of carbonyl (C=O) groups is 1. The molecular weight excluding hydrogens is 247 g/mol. The number of rotatable bonds is 4. The van der Waals surface area contributed by atoms with E-state index in [1.807, 2.05) is 12.2 Å². The molecule has 2 amide bonds. The van der Waals surface area contributed by atoms with Crippen molar-refractivity contribution in [3.05, 3.63) is 0 Å². The van der Waals surface area contributed by atoms with E-state index in [1.54, 1.807) is 0 Å². The van der Waals surface area contributed by atoms with Gasteiger partial charge in [0, 0.05) is 19.6 Å². The third-order valence-corrected chi connectivity index (χ3v) is 3.18. The van der Waals surface area contributed by atoms with Crippen LogP contribution in [-0.2, 0) is 0 Å². The lowest BCUT2D eigenvalue weighted by molar-refractivity contribution is -0.123. The van der Waals surface area contributed by atoms with E-state index >= 15 is 0 Å². The molecule has 0 spiro atoms. The molecule has 0 aromatic carbocycles. The maximum Gasteiger partial charge on any atom is 0.405 e. The predicted molar refractivity (Wildman–Crippen MR) is 62.4 cm³/mol. The maximum absolute atomic E-state index is 12.0. The van der Waals surface area contributed by atoms with E-state index < -0.39 is 18.8 Å². The summed E-state index contributed by atoms with van der Waals surface area (Å²) in [5, 5.41) is 1.87. The zero-order valence-electron chi connectivity index (χ0n) is 10.8. The van der Waals surface area contributed by atoms with E-state index in [1.165, 1.54) is 11.9 Å². The molecule has 1 saturated heterocycles. The molecule has 0 aromatic heterocycles. The van der Waals surface area contributed by atoms with Crippen molar-refractivity contribution in [2.24, 2.45) is 0 Å². The zero-order valence-corrected chi connectivity index (χ0v) is 10.8. The minimum absolute atomic E-state index is 0.261. The first-order valence-electron chi connectivity index (χ1n) is 6.13. The molecule has 0 bridgehead atoms. The summed E-state index contributed by atoms with van der Waals surface area (Å²) in [4.78, 5) is 15.0. The quantitative estimate of drug-likeness (QED) is 0.841. The highest BCUT2D eigenvalue weighted by atomic mass is 19.4. The van der Waals surface area contributed by atoms with Crippen molar-refractivity contribution >= 4 is 6.03 Å². The van der Waals surface area contributed by atoms with Crippen LogP contribution in [0.25, 0.3) is 0 Å². The number of nitrogens with one attached hydrogen (secondary N) is 1. The molecular formula is C11H20F3N3O. The standard InChI is InChI=1S/C11H20F3N3O/c1-3-17-6-4-5-9(17)7-16(2)10(18)15-8-11(12,13)14/h9H,3-8H2,1-2H3,(H,15,18). The fourth-order valence-electron chi connectivity index (χ4n) is 2.23. The van der Waals surface area contributed by atoms with Gasteiger partial charge in [0.1, 0.15) is 6.54 Å². The van der Waals surface area contributed by atoms with Crippen LogP contribution >= 0.6 is 0 Å². The number of urea groups is 1. The summed E-state index contributed by atoms with van der Waals surface area (Å²) in [5.74, 6) is 0. The van der Waals surface area contributed by atoms with Crippen molar-refractivity contribution < 1.29 is 18.0 Å². The van der Waals surface area contributed by atoms with Crippen LogP contribution in [-0.4, -0.2) is 61.3 Å². The number of amides is 2. The molecule has 1 atom stereocenters. The molecule has 1 fully saturated rings. The first-order valence-corrected chi connectivity index (χ1v) is 6.13. The summed E-state index contributed by atoms with van der Waals surface area (Å²) in [6.07, 6.45) is -2.29. The van der Waals surface area contributed by atoms with Gasteiger partial charge in [-0.05, 0) is 25.9 Å². The van der Waals surface area contributed by atoms with Gasteiger partial charge < -0.3 is 10.2 Å². The minimum atomic E-state index is -4.36. The summed E-state index contributed by atoms with van der Waals surface area (Å²) in [5.41, 5.74) is 0. The number of hydrogen-bond donors (Lipinski definition) is 1. The Morgan fingerprint density at radius 2 is 2.17 bits per heavy atom. The Morgan fingerprint density at radius 1 is 1.50 bits per heavy atom. The van der Waals surface area contributed by atoms with Gasteiger partial charge in [0.25, 0.3) is 0 Å². The number of halogens is 3. The van der Waals surface area contributed by atoms with Crippen LogP contribution in [0.2, 0.25) is 0 Å². The fourth-order valence-corrected chi connectivity index (χ4v) is 2.23. The molecule has 1 aliphatic rings. The van der Waals surface area contributed by atoms with Crippen molar-refractivity contribution in [3.63, 3.8) is 0 Å². The second kappa shape index (κ2) is 6.26. The molecule has 1 aliphatic heterocycles. The molecule has 1 unspecified atom stereocenters. The lowest BCUT2D eigenvalue weighted by Crippen LogP contribution is -2.46. The van der Waals surface area contributed by atoms with Gasteiger partial charge >= 0.3 is 12.2 Å². The third-order valence-electron chi connectivity index (χ3n) is 3.18. The highest BCUT2D eigenvalue weighted by Crippen LogP contribution is 2.17. The smallest absolute Gasteiger partial charge is 0.329 e. The van der Waals surface area contributed by atoms with Crippen molar-refractivity contribution in [2.45, 2.75) is 32.0 Å². The molecule has 1 rings (SSSR count). The van der Waals surface area contributed by atoms with E-state index in [2.05, 4.69) is 4.90 Å². The summed E-state index contributed by atoms with van der Waals surface area (Å²) in [6, 6.07) is -0.410. The van der Waals surface area contributed by atoms with Crippen LogP contribution in [0.3, 0.4) is 0 Å². The molecule has 0 aliphatic carbocycles. The molecule has 1 N–H and O–H groups in total. The van der Waals surface area contributed by atoms with Gasteiger partial charge in [-0.15, -0.1) is 0 Å². The molecule has 4 nitrogen and oxygen atoms in total. The number of hydrogen-bond acceptors (Lipinski definition) is 2. The SMILES string of the molecule is CCN1CCCC1CN(C)C(=O)NCC(F)(F)F. The highest BCUT2D eigenvalue weighted by Gasteiger charge is 2.29. The van der Waals surface area contributed by atoms with Crippen molar-refractivity contribution in [3.8, 4) is 0 Å². The third kappa shape index (κ3) is 4.72. The summed E-state index contributed by atoms with van der Waals surface area (Å²) in [7, 11) is 1.53. The van der Waals surface area contributed by atoms with E-state index in [-0.39, 0.29) is 6.04 Å². The Labute approximate surface area is 105 Å². The van der Waals surface area contributed by atoms with Gasteiger partial charge in [-0.1, -0.05) is 6.92 Å². The Hall–Kier alpha value is -0.980. The van der Waals surface area contributed by atoms with Crippen molar-refractivity contribution in [1.82, 2.24) is 15.1 Å². The van der Waals surface area contributed by atoms with Crippen LogP contribution < -0.4 is 5.32 Å². The number of carbonyl (C=O) groups excluding carboxylic acids is 1. The normalized spacial score (nSPS) is 21.1. The summed E-state index contributed by atoms with van der Waals surface area (Å²) >= 11 is 0. The monoisotopic (exact) mass is 267 g/mol. The number of likely N-dealkylation sites (tertiary alicyclic amines) is 1.